The molecule has 104 valence electrons. The van der Waals surface area contributed by atoms with Crippen molar-refractivity contribution in [3.05, 3.63) is 28.2 Å². The van der Waals surface area contributed by atoms with Crippen molar-refractivity contribution in [1.29, 1.82) is 0 Å². The molecule has 1 aromatic carbocycles. The predicted octanol–water partition coefficient (Wildman–Crippen LogP) is 3.90. The summed E-state index contributed by atoms with van der Waals surface area (Å²) in [5.41, 5.74) is 0.434. The summed E-state index contributed by atoms with van der Waals surface area (Å²) in [5.74, 6) is 0. The van der Waals surface area contributed by atoms with E-state index in [1.165, 1.54) is 22.4 Å². The van der Waals surface area contributed by atoms with Crippen molar-refractivity contribution < 1.29 is 14.3 Å². The molecular formula is C11H12Cl2N2O3S. The van der Waals surface area contributed by atoms with Gasteiger partial charge >= 0.3 is 11.3 Å². The van der Waals surface area contributed by atoms with Crippen molar-refractivity contribution in [2.24, 2.45) is 0 Å². The van der Waals surface area contributed by atoms with Crippen LogP contribution in [-0.2, 0) is 4.74 Å². The third kappa shape index (κ3) is 4.19. The van der Waals surface area contributed by atoms with Crippen molar-refractivity contribution in [3.63, 3.8) is 0 Å². The van der Waals surface area contributed by atoms with E-state index in [-0.39, 0.29) is 0 Å². The van der Waals surface area contributed by atoms with Gasteiger partial charge in [0, 0.05) is 14.1 Å². The van der Waals surface area contributed by atoms with Crippen LogP contribution in [0, 0.1) is 0 Å². The molecule has 1 aromatic rings. The Morgan fingerprint density at radius 2 is 1.84 bits per heavy atom. The smallest absolute Gasteiger partial charge is 0.388 e. The molecule has 0 bridgehead atoms. The Balaban J connectivity index is 3.11. The Kier molecular flexibility index (Phi) is 5.78. The van der Waals surface area contributed by atoms with Gasteiger partial charge in [-0.2, -0.15) is 0 Å². The largest absolute Gasteiger partial charge is 0.460 e. The predicted molar refractivity (Wildman–Crippen MR) is 78.0 cm³/mol. The molecule has 19 heavy (non-hydrogen) atoms. The number of methoxy groups -OCH3 is 1. The number of carbonyl (C=O) groups excluding carboxylic acids is 2. The summed E-state index contributed by atoms with van der Waals surface area (Å²) in [6.45, 7) is 0. The zero-order valence-corrected chi connectivity index (χ0v) is 12.8. The Morgan fingerprint density at radius 1 is 1.21 bits per heavy atom. The Bertz CT molecular complexity index is 497. The maximum atomic E-state index is 12.0. The highest BCUT2D eigenvalue weighted by atomic mass is 35.5. The molecular weight excluding hydrogens is 311 g/mol. The van der Waals surface area contributed by atoms with E-state index in [9.17, 15) is 9.59 Å². The van der Waals surface area contributed by atoms with Gasteiger partial charge < -0.3 is 9.64 Å². The lowest BCUT2D eigenvalue weighted by Gasteiger charge is -2.23. The van der Waals surface area contributed by atoms with Crippen molar-refractivity contribution in [1.82, 2.24) is 4.90 Å². The lowest BCUT2D eigenvalue weighted by molar-refractivity contribution is 0.200. The van der Waals surface area contributed by atoms with Gasteiger partial charge in [-0.15, -0.1) is 0 Å². The minimum atomic E-state index is -0.610. The summed E-state index contributed by atoms with van der Waals surface area (Å²) in [4.78, 5) is 24.7. The Morgan fingerprint density at radius 3 is 2.32 bits per heavy atom. The fourth-order valence-electron chi connectivity index (χ4n) is 1.11. The molecule has 1 rings (SSSR count). The van der Waals surface area contributed by atoms with Gasteiger partial charge in [-0.25, -0.2) is 13.9 Å². The van der Waals surface area contributed by atoms with Gasteiger partial charge in [-0.1, -0.05) is 23.2 Å². The Labute approximate surface area is 125 Å². The average molecular weight is 323 g/mol. The van der Waals surface area contributed by atoms with E-state index in [0.29, 0.717) is 27.7 Å². The third-order valence-corrected chi connectivity index (χ3v) is 3.63. The summed E-state index contributed by atoms with van der Waals surface area (Å²) in [6, 6.07) is 4.24. The normalized spacial score (nSPS) is 9.95. The van der Waals surface area contributed by atoms with E-state index < -0.39 is 11.3 Å². The number of rotatable bonds is 1. The quantitative estimate of drug-likeness (QED) is 0.581. The van der Waals surface area contributed by atoms with Gasteiger partial charge in [0.15, 0.2) is 0 Å². The lowest BCUT2D eigenvalue weighted by Crippen LogP contribution is -2.35. The molecule has 0 aromatic heterocycles. The van der Waals surface area contributed by atoms with Crippen LogP contribution in [0.3, 0.4) is 0 Å². The molecule has 0 atom stereocenters. The number of urea groups is 1. The van der Waals surface area contributed by atoms with Gasteiger partial charge in [-0.05, 0) is 18.2 Å². The number of benzene rings is 1. The van der Waals surface area contributed by atoms with Crippen LogP contribution in [0.2, 0.25) is 10.0 Å². The molecule has 0 saturated carbocycles. The second-order valence-electron chi connectivity index (χ2n) is 3.62. The van der Waals surface area contributed by atoms with Crippen LogP contribution in [0.5, 0.6) is 0 Å². The van der Waals surface area contributed by atoms with Gasteiger partial charge in [0.1, 0.15) is 0 Å². The van der Waals surface area contributed by atoms with Crippen LogP contribution in [0.4, 0.5) is 15.3 Å². The van der Waals surface area contributed by atoms with Crippen LogP contribution in [-0.4, -0.2) is 37.4 Å². The third-order valence-electron chi connectivity index (χ3n) is 2.03. The van der Waals surface area contributed by atoms with Gasteiger partial charge in [-0.3, -0.25) is 0 Å². The van der Waals surface area contributed by atoms with Crippen molar-refractivity contribution in [3.8, 4) is 0 Å². The highest BCUT2D eigenvalue weighted by Gasteiger charge is 2.23. The van der Waals surface area contributed by atoms with E-state index in [4.69, 9.17) is 23.2 Å². The van der Waals surface area contributed by atoms with Crippen molar-refractivity contribution in [2.45, 2.75) is 0 Å². The second-order valence-corrected chi connectivity index (χ2v) is 5.31. The van der Waals surface area contributed by atoms with Crippen LogP contribution >= 0.6 is 35.1 Å². The topological polar surface area (TPSA) is 49.9 Å². The average Bonchev–Trinajstić information content (AvgIpc) is 2.38. The first-order valence-electron chi connectivity index (χ1n) is 5.09. The number of anilines is 1. The standard InChI is InChI=1S/C11H12Cl2N2O3S/c1-14(2)10(16)15(19-11(17)18-3)7-4-5-8(12)9(13)6-7/h4-6H,1-3H3. The summed E-state index contributed by atoms with van der Waals surface area (Å²) >= 11 is 12.3. The van der Waals surface area contributed by atoms with Gasteiger partial charge in [0.2, 0.25) is 0 Å². The number of halogens is 2. The van der Waals surface area contributed by atoms with Crippen LogP contribution in [0.15, 0.2) is 18.2 Å². The first-order valence-corrected chi connectivity index (χ1v) is 6.62. The number of hydrogen-bond acceptors (Lipinski definition) is 4. The molecule has 8 heteroatoms. The SMILES string of the molecule is COC(=O)SN(C(=O)N(C)C)c1ccc(Cl)c(Cl)c1. The zero-order valence-electron chi connectivity index (χ0n) is 10.5. The molecule has 0 spiro atoms. The number of amides is 2. The van der Waals surface area contributed by atoms with E-state index in [0.717, 1.165) is 0 Å². The first kappa shape index (κ1) is 15.9. The summed E-state index contributed by atoms with van der Waals surface area (Å²) in [7, 11) is 4.39. The molecule has 5 nitrogen and oxygen atoms in total. The minimum absolute atomic E-state index is 0.293. The number of carbonyl (C=O) groups is 2. The molecule has 0 unspecified atom stereocenters. The summed E-state index contributed by atoms with van der Waals surface area (Å²) in [5, 5.41) is 0.0493. The monoisotopic (exact) mass is 322 g/mol. The van der Waals surface area contributed by atoms with Crippen LogP contribution in [0.25, 0.3) is 0 Å². The Hall–Kier alpha value is -1.11. The summed E-state index contributed by atoms with van der Waals surface area (Å²) < 4.78 is 5.71. The van der Waals surface area contributed by atoms with Crippen LogP contribution < -0.4 is 4.31 Å². The lowest BCUT2D eigenvalue weighted by atomic mass is 10.3. The van der Waals surface area contributed by atoms with E-state index in [1.54, 1.807) is 26.2 Å². The molecule has 0 N–H and O–H groups in total. The van der Waals surface area contributed by atoms with Crippen molar-refractivity contribution in [2.75, 3.05) is 25.5 Å². The molecule has 0 fully saturated rings. The molecule has 2 amide bonds. The van der Waals surface area contributed by atoms with E-state index >= 15 is 0 Å². The number of nitrogens with zero attached hydrogens (tertiary/aromatic N) is 2. The fraction of sp³-hybridized carbons (Fsp3) is 0.273. The fourth-order valence-corrected chi connectivity index (χ4v) is 2.08. The first-order chi connectivity index (χ1) is 8.86. The second kappa shape index (κ2) is 6.88. The molecule has 0 aliphatic heterocycles. The number of hydrogen-bond donors (Lipinski definition) is 0. The van der Waals surface area contributed by atoms with E-state index in [2.05, 4.69) is 4.74 Å². The van der Waals surface area contributed by atoms with Crippen LogP contribution in [0.1, 0.15) is 0 Å². The van der Waals surface area contributed by atoms with Crippen molar-refractivity contribution >= 4 is 52.2 Å². The highest BCUT2D eigenvalue weighted by molar-refractivity contribution is 8.15. The molecule has 0 aliphatic rings. The van der Waals surface area contributed by atoms with Gasteiger partial charge in [0.25, 0.3) is 0 Å². The highest BCUT2D eigenvalue weighted by Crippen LogP contribution is 2.31. The molecule has 0 radical (unpaired) electrons. The minimum Gasteiger partial charge on any atom is -0.460 e. The molecule has 0 saturated heterocycles. The maximum absolute atomic E-state index is 12.0. The molecule has 0 aliphatic carbocycles. The summed E-state index contributed by atoms with van der Waals surface area (Å²) in [6.07, 6.45) is 0. The van der Waals surface area contributed by atoms with E-state index in [1.807, 2.05) is 0 Å². The molecule has 0 heterocycles. The maximum Gasteiger partial charge on any atom is 0.388 e. The zero-order chi connectivity index (χ0) is 14.6. The van der Waals surface area contributed by atoms with Gasteiger partial charge in [0.05, 0.1) is 34.8 Å². The number of ether oxygens (including phenoxy) is 1.